The zero-order valence-electron chi connectivity index (χ0n) is 11.7. The molecule has 0 unspecified atom stereocenters. The highest BCUT2D eigenvalue weighted by atomic mass is 19.1. The fourth-order valence-corrected chi connectivity index (χ4v) is 2.13. The van der Waals surface area contributed by atoms with E-state index in [-0.39, 0.29) is 11.3 Å². The quantitative estimate of drug-likeness (QED) is 0.763. The van der Waals surface area contributed by atoms with Gasteiger partial charge in [0, 0.05) is 17.6 Å². The Morgan fingerprint density at radius 2 is 2.09 bits per heavy atom. The molecular formula is C16H12FN3O2. The lowest BCUT2D eigenvalue weighted by atomic mass is 10.1. The van der Waals surface area contributed by atoms with Gasteiger partial charge in [0.05, 0.1) is 5.39 Å². The molecule has 110 valence electrons. The van der Waals surface area contributed by atoms with Gasteiger partial charge in [-0.25, -0.2) is 9.37 Å². The Morgan fingerprint density at radius 3 is 2.86 bits per heavy atom. The number of hydrogen-bond acceptors (Lipinski definition) is 3. The average Bonchev–Trinajstić information content (AvgIpc) is 2.47. The molecule has 0 radical (unpaired) electrons. The Hall–Kier alpha value is -3.02. The summed E-state index contributed by atoms with van der Waals surface area (Å²) in [6.45, 7) is 1.81. The van der Waals surface area contributed by atoms with Crippen LogP contribution in [0.1, 0.15) is 16.1 Å². The SMILES string of the molecule is Cc1ccc2c(=O)c(C(=O)Nc3cccc(F)c3)c[nH]c2n1. The summed E-state index contributed by atoms with van der Waals surface area (Å²) in [6.07, 6.45) is 1.31. The summed E-state index contributed by atoms with van der Waals surface area (Å²) in [5, 5.41) is 2.83. The van der Waals surface area contributed by atoms with Gasteiger partial charge in [0.2, 0.25) is 5.43 Å². The number of amides is 1. The van der Waals surface area contributed by atoms with E-state index in [9.17, 15) is 14.0 Å². The first-order valence-corrected chi connectivity index (χ1v) is 6.60. The van der Waals surface area contributed by atoms with Crippen LogP contribution in [0.15, 0.2) is 47.4 Å². The van der Waals surface area contributed by atoms with Gasteiger partial charge in [-0.05, 0) is 37.3 Å². The molecule has 0 spiro atoms. The number of rotatable bonds is 2. The van der Waals surface area contributed by atoms with E-state index >= 15 is 0 Å². The molecule has 5 nitrogen and oxygen atoms in total. The smallest absolute Gasteiger partial charge is 0.261 e. The molecule has 0 fully saturated rings. The van der Waals surface area contributed by atoms with E-state index in [0.29, 0.717) is 11.0 Å². The Bertz CT molecular complexity index is 934. The molecule has 0 bridgehead atoms. The summed E-state index contributed by atoms with van der Waals surface area (Å²) in [4.78, 5) is 31.6. The van der Waals surface area contributed by atoms with Gasteiger partial charge in [-0.1, -0.05) is 6.07 Å². The first-order valence-electron chi connectivity index (χ1n) is 6.60. The van der Waals surface area contributed by atoms with E-state index in [4.69, 9.17) is 0 Å². The molecule has 0 saturated heterocycles. The summed E-state index contributed by atoms with van der Waals surface area (Å²) in [5.74, 6) is -1.07. The third-order valence-electron chi connectivity index (χ3n) is 3.20. The number of H-pyrrole nitrogens is 1. The van der Waals surface area contributed by atoms with Crippen LogP contribution in [-0.2, 0) is 0 Å². The lowest BCUT2D eigenvalue weighted by molar-refractivity contribution is 0.102. The number of aromatic nitrogens is 2. The number of halogens is 1. The number of nitrogens with one attached hydrogen (secondary N) is 2. The molecule has 22 heavy (non-hydrogen) atoms. The van der Waals surface area contributed by atoms with Gasteiger partial charge in [-0.3, -0.25) is 9.59 Å². The highest BCUT2D eigenvalue weighted by Crippen LogP contribution is 2.11. The largest absolute Gasteiger partial charge is 0.345 e. The number of anilines is 1. The van der Waals surface area contributed by atoms with Gasteiger partial charge in [-0.15, -0.1) is 0 Å². The van der Waals surface area contributed by atoms with Crippen LogP contribution in [0.2, 0.25) is 0 Å². The van der Waals surface area contributed by atoms with Crippen molar-refractivity contribution in [2.75, 3.05) is 5.32 Å². The third kappa shape index (κ3) is 2.58. The van der Waals surface area contributed by atoms with Crippen molar-refractivity contribution in [1.82, 2.24) is 9.97 Å². The van der Waals surface area contributed by atoms with Crippen molar-refractivity contribution in [1.29, 1.82) is 0 Å². The van der Waals surface area contributed by atoms with E-state index in [2.05, 4.69) is 15.3 Å². The van der Waals surface area contributed by atoms with Crippen LogP contribution in [0.25, 0.3) is 11.0 Å². The molecule has 1 aromatic carbocycles. The molecule has 6 heteroatoms. The molecule has 2 aromatic heterocycles. The fraction of sp³-hybridized carbons (Fsp3) is 0.0625. The maximum Gasteiger partial charge on any atom is 0.261 e. The highest BCUT2D eigenvalue weighted by Gasteiger charge is 2.14. The Kier molecular flexibility index (Phi) is 3.42. The Labute approximate surface area is 124 Å². The monoisotopic (exact) mass is 297 g/mol. The number of pyridine rings is 2. The van der Waals surface area contributed by atoms with Crippen molar-refractivity contribution in [3.8, 4) is 0 Å². The minimum absolute atomic E-state index is 0.0533. The van der Waals surface area contributed by atoms with Crippen LogP contribution in [0.3, 0.4) is 0 Å². The standard InChI is InChI=1S/C16H12FN3O2/c1-9-5-6-12-14(21)13(8-18-15(12)19-9)16(22)20-11-4-2-3-10(17)7-11/h2-8H,1H3,(H,20,22)(H,18,19,21). The molecule has 0 aliphatic rings. The Balaban J connectivity index is 1.99. The average molecular weight is 297 g/mol. The predicted molar refractivity (Wildman–Crippen MR) is 81.5 cm³/mol. The van der Waals surface area contributed by atoms with Crippen molar-refractivity contribution in [3.05, 3.63) is 69.9 Å². The number of aryl methyl sites for hydroxylation is 1. The van der Waals surface area contributed by atoms with Crippen LogP contribution in [0.5, 0.6) is 0 Å². The second-order valence-electron chi connectivity index (χ2n) is 4.84. The van der Waals surface area contributed by atoms with E-state index in [1.165, 1.54) is 24.4 Å². The first-order chi connectivity index (χ1) is 10.5. The zero-order valence-corrected chi connectivity index (χ0v) is 11.7. The van der Waals surface area contributed by atoms with E-state index in [1.807, 2.05) is 6.92 Å². The van der Waals surface area contributed by atoms with Gasteiger partial charge < -0.3 is 10.3 Å². The first kappa shape index (κ1) is 13.9. The van der Waals surface area contributed by atoms with Crippen LogP contribution >= 0.6 is 0 Å². The highest BCUT2D eigenvalue weighted by molar-refractivity contribution is 6.05. The number of carbonyl (C=O) groups is 1. The summed E-state index contributed by atoms with van der Waals surface area (Å²) >= 11 is 0. The number of aromatic amines is 1. The predicted octanol–water partition coefficient (Wildman–Crippen LogP) is 2.62. The Morgan fingerprint density at radius 1 is 1.27 bits per heavy atom. The number of nitrogens with zero attached hydrogens (tertiary/aromatic N) is 1. The minimum atomic E-state index is -0.602. The third-order valence-corrected chi connectivity index (χ3v) is 3.20. The van der Waals surface area contributed by atoms with Crippen molar-refractivity contribution in [2.24, 2.45) is 0 Å². The van der Waals surface area contributed by atoms with Crippen LogP contribution in [0.4, 0.5) is 10.1 Å². The van der Waals surface area contributed by atoms with Gasteiger partial charge >= 0.3 is 0 Å². The lowest BCUT2D eigenvalue weighted by Crippen LogP contribution is -2.22. The second-order valence-corrected chi connectivity index (χ2v) is 4.84. The number of benzene rings is 1. The summed E-state index contributed by atoms with van der Waals surface area (Å²) in [5.41, 5.74) is 0.997. The summed E-state index contributed by atoms with van der Waals surface area (Å²) < 4.78 is 13.1. The zero-order chi connectivity index (χ0) is 15.7. The van der Waals surface area contributed by atoms with Gasteiger partial charge in [-0.2, -0.15) is 0 Å². The molecule has 2 N–H and O–H groups in total. The molecule has 0 aliphatic carbocycles. The van der Waals surface area contributed by atoms with Gasteiger partial charge in [0.1, 0.15) is 17.0 Å². The molecule has 3 rings (SSSR count). The lowest BCUT2D eigenvalue weighted by Gasteiger charge is -2.06. The summed E-state index contributed by atoms with van der Waals surface area (Å²) in [6, 6.07) is 8.79. The van der Waals surface area contributed by atoms with Crippen LogP contribution in [-0.4, -0.2) is 15.9 Å². The van der Waals surface area contributed by atoms with Crippen LogP contribution < -0.4 is 10.7 Å². The van der Waals surface area contributed by atoms with Gasteiger partial charge in [0.15, 0.2) is 0 Å². The number of hydrogen-bond donors (Lipinski definition) is 2. The van der Waals surface area contributed by atoms with Gasteiger partial charge in [0.25, 0.3) is 5.91 Å². The van der Waals surface area contributed by atoms with Crippen molar-refractivity contribution in [2.45, 2.75) is 6.92 Å². The van der Waals surface area contributed by atoms with Crippen LogP contribution in [0, 0.1) is 12.7 Å². The molecule has 3 aromatic rings. The van der Waals surface area contributed by atoms with E-state index < -0.39 is 17.2 Å². The number of fused-ring (bicyclic) bond motifs is 1. The minimum Gasteiger partial charge on any atom is -0.345 e. The molecule has 2 heterocycles. The van der Waals surface area contributed by atoms with Crippen molar-refractivity contribution in [3.63, 3.8) is 0 Å². The summed E-state index contributed by atoms with van der Waals surface area (Å²) in [7, 11) is 0. The topological polar surface area (TPSA) is 74.8 Å². The fourth-order valence-electron chi connectivity index (χ4n) is 2.13. The molecule has 0 atom stereocenters. The molecule has 0 aliphatic heterocycles. The maximum atomic E-state index is 13.1. The maximum absolute atomic E-state index is 13.1. The number of carbonyl (C=O) groups excluding carboxylic acids is 1. The second kappa shape index (κ2) is 5.40. The van der Waals surface area contributed by atoms with Crippen molar-refractivity contribution >= 4 is 22.6 Å². The molecular weight excluding hydrogens is 285 g/mol. The molecule has 1 amide bonds. The van der Waals surface area contributed by atoms with Crippen molar-refractivity contribution < 1.29 is 9.18 Å². The van der Waals surface area contributed by atoms with E-state index in [1.54, 1.807) is 18.2 Å². The normalized spacial score (nSPS) is 10.6. The molecule has 0 saturated carbocycles. The van der Waals surface area contributed by atoms with E-state index in [0.717, 1.165) is 5.69 Å².